The van der Waals surface area contributed by atoms with Crippen molar-refractivity contribution in [3.63, 3.8) is 0 Å². The molecule has 36 heavy (non-hydrogen) atoms. The maximum absolute atomic E-state index is 13.7. The van der Waals surface area contributed by atoms with Crippen molar-refractivity contribution in [1.29, 1.82) is 0 Å². The average molecular weight is 486 g/mol. The zero-order chi connectivity index (χ0) is 24.6. The maximum atomic E-state index is 13.7. The molecule has 0 fully saturated rings. The molecule has 2 aliphatic heterocycles. The Labute approximate surface area is 210 Å². The van der Waals surface area contributed by atoms with E-state index in [4.69, 9.17) is 14.2 Å². The Morgan fingerprint density at radius 1 is 1.03 bits per heavy atom. The molecular weight excluding hydrogens is 455 g/mol. The van der Waals surface area contributed by atoms with E-state index in [1.165, 1.54) is 34.5 Å². The summed E-state index contributed by atoms with van der Waals surface area (Å²) in [6, 6.07) is 15.3. The van der Waals surface area contributed by atoms with Crippen LogP contribution < -0.4 is 24.1 Å². The normalized spacial score (nSPS) is 13.4. The summed E-state index contributed by atoms with van der Waals surface area (Å²) in [5.41, 5.74) is 6.90. The summed E-state index contributed by atoms with van der Waals surface area (Å²) < 4.78 is 33.2. The minimum atomic E-state index is -0.224. The molecule has 184 valence electrons. The van der Waals surface area contributed by atoms with Crippen LogP contribution in [0.4, 0.5) is 10.1 Å². The van der Waals surface area contributed by atoms with Gasteiger partial charge in [0, 0.05) is 30.3 Å². The van der Waals surface area contributed by atoms with Gasteiger partial charge in [0.15, 0.2) is 24.2 Å². The summed E-state index contributed by atoms with van der Waals surface area (Å²) >= 11 is 0. The minimum Gasteiger partial charge on any atom is -0.495 e. The first kappa shape index (κ1) is 22.7. The number of nitrogens with one attached hydrogen (secondary N) is 1. The summed E-state index contributed by atoms with van der Waals surface area (Å²) in [5, 5.41) is 5.94. The third kappa shape index (κ3) is 3.91. The lowest BCUT2D eigenvalue weighted by Crippen LogP contribution is -2.41. The second-order valence-corrected chi connectivity index (χ2v) is 9.45. The lowest BCUT2D eigenvalue weighted by molar-refractivity contribution is -0.686. The molecule has 0 radical (unpaired) electrons. The third-order valence-electron chi connectivity index (χ3n) is 7.21. The fourth-order valence-corrected chi connectivity index (χ4v) is 5.39. The molecule has 1 aromatic heterocycles. The number of hydrogen-bond donors (Lipinski definition) is 1. The van der Waals surface area contributed by atoms with Gasteiger partial charge in [0.25, 0.3) is 0 Å². The van der Waals surface area contributed by atoms with Gasteiger partial charge >= 0.3 is 0 Å². The van der Waals surface area contributed by atoms with Crippen molar-refractivity contribution >= 4 is 16.5 Å². The van der Waals surface area contributed by atoms with E-state index in [9.17, 15) is 4.39 Å². The molecule has 0 saturated carbocycles. The Hall–Kier alpha value is -3.80. The summed E-state index contributed by atoms with van der Waals surface area (Å²) in [6.45, 7) is 4.19. The fraction of sp³-hybridized carbons (Fsp3) is 0.300. The quantitative estimate of drug-likeness (QED) is 0.256. The van der Waals surface area contributed by atoms with Crippen molar-refractivity contribution in [2.45, 2.75) is 39.2 Å². The number of unbranched alkanes of at least 4 members (excludes halogenated alkanes) is 1. The summed E-state index contributed by atoms with van der Waals surface area (Å²) in [7, 11) is 1.72. The lowest BCUT2D eigenvalue weighted by Gasteiger charge is -2.22. The van der Waals surface area contributed by atoms with Crippen molar-refractivity contribution in [2.24, 2.45) is 0 Å². The minimum absolute atomic E-state index is 0.224. The van der Waals surface area contributed by atoms with E-state index in [0.29, 0.717) is 6.42 Å². The molecular formula is C30H30FN2O3+. The van der Waals surface area contributed by atoms with Crippen LogP contribution in [0.25, 0.3) is 22.0 Å². The molecule has 0 saturated heterocycles. The lowest BCUT2D eigenvalue weighted by atomic mass is 9.88. The molecule has 0 bridgehead atoms. The molecule has 2 aliphatic rings. The van der Waals surface area contributed by atoms with Gasteiger partial charge in [-0.25, -0.2) is 4.39 Å². The number of halogens is 1. The third-order valence-corrected chi connectivity index (χ3v) is 7.21. The van der Waals surface area contributed by atoms with Gasteiger partial charge < -0.3 is 19.5 Å². The molecule has 0 spiro atoms. The fourth-order valence-electron chi connectivity index (χ4n) is 5.39. The molecule has 0 atom stereocenters. The van der Waals surface area contributed by atoms with E-state index in [1.54, 1.807) is 7.11 Å². The number of anilines is 1. The van der Waals surface area contributed by atoms with Gasteiger partial charge in [-0.1, -0.05) is 25.5 Å². The van der Waals surface area contributed by atoms with Crippen molar-refractivity contribution in [3.8, 4) is 28.5 Å². The van der Waals surface area contributed by atoms with E-state index in [-0.39, 0.29) is 12.6 Å². The smallest absolute Gasteiger partial charge is 0.231 e. The molecule has 3 aromatic carbocycles. The van der Waals surface area contributed by atoms with E-state index >= 15 is 0 Å². The van der Waals surface area contributed by atoms with Gasteiger partial charge in [-0.15, -0.1) is 0 Å². The van der Waals surface area contributed by atoms with E-state index in [1.807, 2.05) is 18.2 Å². The van der Waals surface area contributed by atoms with E-state index < -0.39 is 0 Å². The molecule has 0 unspecified atom stereocenters. The first-order chi connectivity index (χ1) is 17.7. The number of hydrogen-bond acceptors (Lipinski definition) is 4. The van der Waals surface area contributed by atoms with Crippen molar-refractivity contribution < 1.29 is 23.2 Å². The Balaban J connectivity index is 1.60. The van der Waals surface area contributed by atoms with Crippen LogP contribution in [0, 0.1) is 5.82 Å². The highest BCUT2D eigenvalue weighted by Gasteiger charge is 2.32. The van der Waals surface area contributed by atoms with Crippen LogP contribution in [-0.2, 0) is 19.4 Å². The largest absolute Gasteiger partial charge is 0.495 e. The number of pyridine rings is 1. The number of methoxy groups -OCH3 is 1. The van der Waals surface area contributed by atoms with Crippen LogP contribution in [0.15, 0.2) is 54.7 Å². The highest BCUT2D eigenvalue weighted by atomic mass is 19.1. The predicted molar refractivity (Wildman–Crippen MR) is 139 cm³/mol. The predicted octanol–water partition coefficient (Wildman–Crippen LogP) is 6.03. The van der Waals surface area contributed by atoms with Crippen molar-refractivity contribution in [2.75, 3.05) is 25.8 Å². The number of ether oxygens (including phenoxy) is 3. The number of aryl methyl sites for hydroxylation is 2. The maximum Gasteiger partial charge on any atom is 0.231 e. The van der Waals surface area contributed by atoms with Crippen LogP contribution in [0.5, 0.6) is 17.2 Å². The molecule has 1 N–H and O–H groups in total. The molecule has 0 aliphatic carbocycles. The van der Waals surface area contributed by atoms with Crippen LogP contribution in [0.3, 0.4) is 0 Å². The van der Waals surface area contributed by atoms with Crippen molar-refractivity contribution in [1.82, 2.24) is 0 Å². The van der Waals surface area contributed by atoms with E-state index in [2.05, 4.69) is 41.2 Å². The van der Waals surface area contributed by atoms with Gasteiger partial charge in [-0.2, -0.15) is 4.57 Å². The molecule has 5 nitrogen and oxygen atoms in total. The molecule has 6 rings (SSSR count). The number of nitrogens with zero attached hydrogens (tertiary/aromatic N) is 1. The number of aromatic nitrogens is 1. The number of rotatable bonds is 7. The van der Waals surface area contributed by atoms with Crippen molar-refractivity contribution in [3.05, 3.63) is 77.2 Å². The first-order valence-electron chi connectivity index (χ1n) is 12.6. The summed E-state index contributed by atoms with van der Waals surface area (Å²) in [4.78, 5) is 0. The monoisotopic (exact) mass is 485 g/mol. The second-order valence-electron chi connectivity index (χ2n) is 9.45. The van der Waals surface area contributed by atoms with E-state index in [0.717, 1.165) is 71.6 Å². The van der Waals surface area contributed by atoms with Crippen LogP contribution in [0.1, 0.15) is 36.5 Å². The Kier molecular flexibility index (Phi) is 5.88. The van der Waals surface area contributed by atoms with Gasteiger partial charge in [0.05, 0.1) is 23.7 Å². The number of fused-ring (bicyclic) bond motifs is 5. The Bertz CT molecular complexity index is 1450. The molecule has 3 heterocycles. The Morgan fingerprint density at radius 3 is 2.61 bits per heavy atom. The standard InChI is InChI=1S/C30H29FN2O3/c1-3-4-12-32-29-25-17-33-13-11-20-15-27-28(36-18-35-27)16-23(20)30(33)24(22(25)9-10-26(29)34-2)14-19-5-7-21(31)8-6-19/h5-10,15-17H,3-4,11-14,18H2,1-2H3/p+1. The molecule has 6 heteroatoms. The van der Waals surface area contributed by atoms with Crippen LogP contribution in [-0.4, -0.2) is 20.4 Å². The van der Waals surface area contributed by atoms with Gasteiger partial charge in [-0.05, 0) is 53.9 Å². The number of benzene rings is 3. The van der Waals surface area contributed by atoms with Crippen LogP contribution >= 0.6 is 0 Å². The second kappa shape index (κ2) is 9.34. The SMILES string of the molecule is CCCCNc1c(OC)ccc2c(Cc3ccc(F)cc3)c3[n+](cc12)CCc1cc2c(cc1-3)OCO2. The molecule has 4 aromatic rings. The van der Waals surface area contributed by atoms with Gasteiger partial charge in [0.2, 0.25) is 12.5 Å². The van der Waals surface area contributed by atoms with Crippen LogP contribution in [0.2, 0.25) is 0 Å². The zero-order valence-corrected chi connectivity index (χ0v) is 20.7. The average Bonchev–Trinajstić information content (AvgIpc) is 3.36. The van der Waals surface area contributed by atoms with Gasteiger partial charge in [0.1, 0.15) is 11.6 Å². The first-order valence-corrected chi connectivity index (χ1v) is 12.6. The summed E-state index contributed by atoms with van der Waals surface area (Å²) in [6.07, 6.45) is 6.05. The highest BCUT2D eigenvalue weighted by molar-refractivity contribution is 6.00. The highest BCUT2D eigenvalue weighted by Crippen LogP contribution is 2.43. The van der Waals surface area contributed by atoms with Gasteiger partial charge in [-0.3, -0.25) is 0 Å². The molecule has 0 amide bonds. The summed E-state index contributed by atoms with van der Waals surface area (Å²) in [5.74, 6) is 2.21. The Morgan fingerprint density at radius 2 is 1.83 bits per heavy atom. The zero-order valence-electron chi connectivity index (χ0n) is 20.7. The topological polar surface area (TPSA) is 43.6 Å².